The molecule has 0 saturated heterocycles. The molecule has 0 aliphatic carbocycles. The van der Waals surface area contributed by atoms with E-state index in [1.165, 1.54) is 19.3 Å². The van der Waals surface area contributed by atoms with Crippen LogP contribution in [0.2, 0.25) is 0 Å². The van der Waals surface area contributed by atoms with Crippen LogP contribution in [-0.2, 0) is 19.6 Å². The summed E-state index contributed by atoms with van der Waals surface area (Å²) in [6, 6.07) is 11.6. The SMILES string of the molecule is CCCCC(CC)Cn1ccc(=O)c(OCc2ccccc2)c1CC. The van der Waals surface area contributed by atoms with Gasteiger partial charge in [0.15, 0.2) is 5.75 Å². The summed E-state index contributed by atoms with van der Waals surface area (Å²) >= 11 is 0. The van der Waals surface area contributed by atoms with Crippen molar-refractivity contribution in [3.05, 3.63) is 64.1 Å². The molecule has 1 heterocycles. The average molecular weight is 341 g/mol. The molecule has 3 heteroatoms. The number of rotatable bonds is 10. The van der Waals surface area contributed by atoms with Gasteiger partial charge < -0.3 is 9.30 Å². The summed E-state index contributed by atoms with van der Waals surface area (Å²) in [7, 11) is 0. The fourth-order valence-corrected chi connectivity index (χ4v) is 3.21. The van der Waals surface area contributed by atoms with Crippen LogP contribution in [0.4, 0.5) is 0 Å². The average Bonchev–Trinajstić information content (AvgIpc) is 2.65. The van der Waals surface area contributed by atoms with Gasteiger partial charge in [-0.25, -0.2) is 0 Å². The molecule has 0 amide bonds. The maximum absolute atomic E-state index is 12.4. The Kier molecular flexibility index (Phi) is 7.77. The lowest BCUT2D eigenvalue weighted by Gasteiger charge is -2.21. The van der Waals surface area contributed by atoms with Crippen molar-refractivity contribution in [1.82, 2.24) is 4.57 Å². The van der Waals surface area contributed by atoms with Crippen molar-refractivity contribution in [2.24, 2.45) is 5.92 Å². The molecule has 1 aromatic carbocycles. The minimum Gasteiger partial charge on any atom is -0.483 e. The first-order chi connectivity index (χ1) is 12.2. The Balaban J connectivity index is 2.20. The molecule has 2 rings (SSSR count). The molecule has 3 nitrogen and oxygen atoms in total. The smallest absolute Gasteiger partial charge is 0.223 e. The van der Waals surface area contributed by atoms with E-state index in [-0.39, 0.29) is 5.43 Å². The van der Waals surface area contributed by atoms with Crippen molar-refractivity contribution < 1.29 is 4.74 Å². The largest absolute Gasteiger partial charge is 0.483 e. The van der Waals surface area contributed by atoms with E-state index in [9.17, 15) is 4.79 Å². The van der Waals surface area contributed by atoms with Crippen molar-refractivity contribution in [2.75, 3.05) is 0 Å². The highest BCUT2D eigenvalue weighted by atomic mass is 16.5. The van der Waals surface area contributed by atoms with Crippen molar-refractivity contribution >= 4 is 0 Å². The third-order valence-corrected chi connectivity index (χ3v) is 4.80. The number of hydrogen-bond acceptors (Lipinski definition) is 2. The zero-order valence-corrected chi connectivity index (χ0v) is 15.8. The molecule has 0 saturated carbocycles. The van der Waals surface area contributed by atoms with Crippen molar-refractivity contribution in [2.45, 2.75) is 66.0 Å². The van der Waals surface area contributed by atoms with Crippen molar-refractivity contribution in [3.8, 4) is 5.75 Å². The number of nitrogens with zero attached hydrogens (tertiary/aromatic N) is 1. The summed E-state index contributed by atoms with van der Waals surface area (Å²) in [6.45, 7) is 7.97. The third kappa shape index (κ3) is 5.48. The summed E-state index contributed by atoms with van der Waals surface area (Å²) in [6.07, 6.45) is 7.62. The van der Waals surface area contributed by atoms with Crippen LogP contribution in [0.15, 0.2) is 47.4 Å². The normalized spacial score (nSPS) is 12.1. The summed E-state index contributed by atoms with van der Waals surface area (Å²) in [5.74, 6) is 1.16. The maximum Gasteiger partial charge on any atom is 0.223 e. The molecule has 0 radical (unpaired) electrons. The molecular formula is C22H31NO2. The summed E-state index contributed by atoms with van der Waals surface area (Å²) in [4.78, 5) is 12.4. The Hall–Kier alpha value is -2.03. The summed E-state index contributed by atoms with van der Waals surface area (Å²) in [5.41, 5.74) is 2.07. The van der Waals surface area contributed by atoms with Gasteiger partial charge >= 0.3 is 0 Å². The molecule has 0 aliphatic rings. The molecule has 2 aromatic rings. The number of unbranched alkanes of at least 4 members (excludes halogenated alkanes) is 1. The first-order valence-electron chi connectivity index (χ1n) is 9.58. The molecule has 1 atom stereocenters. The number of hydrogen-bond donors (Lipinski definition) is 0. The van der Waals surface area contributed by atoms with Crippen LogP contribution in [0.5, 0.6) is 5.75 Å². The van der Waals surface area contributed by atoms with Crippen molar-refractivity contribution in [1.29, 1.82) is 0 Å². The molecule has 136 valence electrons. The minimum absolute atomic E-state index is 0.0226. The number of ether oxygens (including phenoxy) is 1. The van der Waals surface area contributed by atoms with Crippen molar-refractivity contribution in [3.63, 3.8) is 0 Å². The highest BCUT2D eigenvalue weighted by Crippen LogP contribution is 2.20. The van der Waals surface area contributed by atoms with Crippen LogP contribution in [0.1, 0.15) is 57.7 Å². The highest BCUT2D eigenvalue weighted by Gasteiger charge is 2.14. The Bertz CT molecular complexity index is 691. The lowest BCUT2D eigenvalue weighted by atomic mass is 9.99. The van der Waals surface area contributed by atoms with Gasteiger partial charge in [0.05, 0.1) is 5.69 Å². The Morgan fingerprint density at radius 1 is 1.08 bits per heavy atom. The fraction of sp³-hybridized carbons (Fsp3) is 0.500. The Morgan fingerprint density at radius 2 is 1.84 bits per heavy atom. The van der Waals surface area contributed by atoms with Crippen LogP contribution in [-0.4, -0.2) is 4.57 Å². The van der Waals surface area contributed by atoms with E-state index in [2.05, 4.69) is 25.3 Å². The van der Waals surface area contributed by atoms with Crippen LogP contribution in [0.3, 0.4) is 0 Å². The van der Waals surface area contributed by atoms with Gasteiger partial charge in [0.1, 0.15) is 6.61 Å². The lowest BCUT2D eigenvalue weighted by Crippen LogP contribution is -2.19. The highest BCUT2D eigenvalue weighted by molar-refractivity contribution is 5.29. The number of aromatic nitrogens is 1. The predicted octanol–water partition coefficient (Wildman–Crippen LogP) is 5.21. The van der Waals surface area contributed by atoms with E-state index in [0.29, 0.717) is 18.3 Å². The van der Waals surface area contributed by atoms with E-state index in [0.717, 1.165) is 30.6 Å². The van der Waals surface area contributed by atoms with Crippen LogP contribution >= 0.6 is 0 Å². The van der Waals surface area contributed by atoms with E-state index in [4.69, 9.17) is 4.74 Å². The zero-order chi connectivity index (χ0) is 18.1. The zero-order valence-electron chi connectivity index (χ0n) is 15.8. The second kappa shape index (κ2) is 10.1. The van der Waals surface area contributed by atoms with Crippen LogP contribution < -0.4 is 10.2 Å². The van der Waals surface area contributed by atoms with Gasteiger partial charge in [-0.1, -0.05) is 70.4 Å². The first kappa shape index (κ1) is 19.3. The van der Waals surface area contributed by atoms with Gasteiger partial charge in [0.25, 0.3) is 0 Å². The van der Waals surface area contributed by atoms with Gasteiger partial charge in [-0.05, 0) is 24.3 Å². The van der Waals surface area contributed by atoms with Crippen LogP contribution in [0, 0.1) is 5.92 Å². The van der Waals surface area contributed by atoms with E-state index < -0.39 is 0 Å². The van der Waals surface area contributed by atoms with Gasteiger partial charge in [-0.15, -0.1) is 0 Å². The number of pyridine rings is 1. The van der Waals surface area contributed by atoms with Gasteiger partial charge in [0.2, 0.25) is 5.43 Å². The second-order valence-electron chi connectivity index (χ2n) is 6.65. The Morgan fingerprint density at radius 3 is 2.48 bits per heavy atom. The monoisotopic (exact) mass is 341 g/mol. The quantitative estimate of drug-likeness (QED) is 0.594. The molecule has 0 spiro atoms. The van der Waals surface area contributed by atoms with Gasteiger partial charge in [0, 0.05) is 18.8 Å². The third-order valence-electron chi connectivity index (χ3n) is 4.80. The molecule has 0 fully saturated rings. The molecule has 0 N–H and O–H groups in total. The standard InChI is InChI=1S/C22H31NO2/c1-4-7-11-18(5-2)16-23-15-14-21(24)22(20(23)6-3)25-17-19-12-9-8-10-13-19/h8-10,12-15,18H,4-7,11,16-17H2,1-3H3. The molecule has 1 unspecified atom stereocenters. The lowest BCUT2D eigenvalue weighted by molar-refractivity contribution is 0.292. The Labute approximate surface area is 151 Å². The topological polar surface area (TPSA) is 31.2 Å². The van der Waals surface area contributed by atoms with Gasteiger partial charge in [-0.3, -0.25) is 4.79 Å². The summed E-state index contributed by atoms with van der Waals surface area (Å²) in [5, 5.41) is 0. The molecular weight excluding hydrogens is 310 g/mol. The van der Waals surface area contributed by atoms with E-state index in [1.807, 2.05) is 36.5 Å². The number of benzene rings is 1. The molecule has 0 bridgehead atoms. The minimum atomic E-state index is -0.0226. The predicted molar refractivity (Wildman–Crippen MR) is 104 cm³/mol. The first-order valence-corrected chi connectivity index (χ1v) is 9.58. The maximum atomic E-state index is 12.4. The second-order valence-corrected chi connectivity index (χ2v) is 6.65. The summed E-state index contributed by atoms with van der Waals surface area (Å²) < 4.78 is 8.18. The van der Waals surface area contributed by atoms with E-state index >= 15 is 0 Å². The van der Waals surface area contributed by atoms with Crippen LogP contribution in [0.25, 0.3) is 0 Å². The van der Waals surface area contributed by atoms with Gasteiger partial charge in [-0.2, -0.15) is 0 Å². The van der Waals surface area contributed by atoms with E-state index in [1.54, 1.807) is 6.07 Å². The molecule has 0 aliphatic heterocycles. The molecule has 1 aromatic heterocycles. The molecule has 25 heavy (non-hydrogen) atoms. The fourth-order valence-electron chi connectivity index (χ4n) is 3.21.